The summed E-state index contributed by atoms with van der Waals surface area (Å²) in [5, 5.41) is 11.9. The third-order valence-electron chi connectivity index (χ3n) is 0.993. The van der Waals surface area contributed by atoms with Crippen molar-refractivity contribution in [3.05, 3.63) is 15.0 Å². The van der Waals surface area contributed by atoms with Gasteiger partial charge in [-0.2, -0.15) is 0 Å². The second-order valence-corrected chi connectivity index (χ2v) is 4.89. The summed E-state index contributed by atoms with van der Waals surface area (Å²) >= 11 is 4.63. The van der Waals surface area contributed by atoms with E-state index in [0.717, 1.165) is 3.79 Å². The van der Waals surface area contributed by atoms with Gasteiger partial charge in [-0.1, -0.05) is 19.4 Å². The number of nitrogens with zero attached hydrogens (tertiary/aromatic N) is 1. The van der Waals surface area contributed by atoms with Gasteiger partial charge in [0.2, 0.25) is 0 Å². The highest BCUT2D eigenvalue weighted by atomic mass is 79.9. The van der Waals surface area contributed by atoms with E-state index in [1.165, 1.54) is 11.3 Å². The largest absolute Gasteiger partial charge is 0.845 e. The molecule has 0 aliphatic rings. The van der Waals surface area contributed by atoms with E-state index in [4.69, 9.17) is 0 Å². The highest BCUT2D eigenvalue weighted by molar-refractivity contribution is 9.11. The minimum Gasteiger partial charge on any atom is -0.845 e. The van der Waals surface area contributed by atoms with Crippen LogP contribution in [-0.4, -0.2) is 4.98 Å². The minimum atomic E-state index is -1.06. The summed E-state index contributed by atoms with van der Waals surface area (Å²) in [6, 6.07) is 0. The summed E-state index contributed by atoms with van der Waals surface area (Å²) in [5.74, 6) is 0. The first-order chi connectivity index (χ1) is 4.50. The number of hydrogen-bond acceptors (Lipinski definition) is 3. The van der Waals surface area contributed by atoms with Crippen LogP contribution in [0.1, 0.15) is 18.9 Å². The standard InChI is InChI=1S/C6H7BrNOS/c1-6(2,9)5-8-3-4(7)10-5/h3H,1-2H3/q-1. The van der Waals surface area contributed by atoms with Crippen molar-refractivity contribution in [2.75, 3.05) is 0 Å². The van der Waals surface area contributed by atoms with Crippen LogP contribution in [-0.2, 0) is 5.60 Å². The third kappa shape index (κ3) is 1.78. The van der Waals surface area contributed by atoms with Crippen LogP contribution >= 0.6 is 27.3 Å². The summed E-state index contributed by atoms with van der Waals surface area (Å²) in [4.78, 5) is 3.95. The summed E-state index contributed by atoms with van der Waals surface area (Å²) < 4.78 is 0.909. The van der Waals surface area contributed by atoms with Crippen molar-refractivity contribution in [3.63, 3.8) is 0 Å². The van der Waals surface area contributed by atoms with Crippen LogP contribution in [0.25, 0.3) is 0 Å². The fraction of sp³-hybridized carbons (Fsp3) is 0.500. The zero-order valence-electron chi connectivity index (χ0n) is 5.72. The lowest BCUT2D eigenvalue weighted by Crippen LogP contribution is -2.33. The Hall–Kier alpha value is 0.0700. The van der Waals surface area contributed by atoms with Crippen molar-refractivity contribution >= 4 is 27.3 Å². The van der Waals surface area contributed by atoms with Crippen LogP contribution in [0.5, 0.6) is 0 Å². The van der Waals surface area contributed by atoms with Gasteiger partial charge < -0.3 is 5.11 Å². The monoisotopic (exact) mass is 220 g/mol. The molecule has 56 valence electrons. The Balaban J connectivity index is 2.96. The van der Waals surface area contributed by atoms with Crippen molar-refractivity contribution in [1.29, 1.82) is 0 Å². The third-order valence-corrected chi connectivity index (χ3v) is 2.77. The zero-order valence-corrected chi connectivity index (χ0v) is 8.12. The van der Waals surface area contributed by atoms with Crippen molar-refractivity contribution < 1.29 is 5.11 Å². The van der Waals surface area contributed by atoms with E-state index >= 15 is 0 Å². The zero-order chi connectivity index (χ0) is 7.78. The van der Waals surface area contributed by atoms with Gasteiger partial charge in [-0.3, -0.25) is 0 Å². The maximum atomic E-state index is 11.2. The van der Waals surface area contributed by atoms with Crippen LogP contribution in [0, 0.1) is 0 Å². The molecule has 4 heteroatoms. The Labute approximate surface area is 72.0 Å². The molecule has 0 N–H and O–H groups in total. The molecule has 0 radical (unpaired) electrons. The average molecular weight is 221 g/mol. The molecule has 2 nitrogen and oxygen atoms in total. The fourth-order valence-electron chi connectivity index (χ4n) is 0.533. The molecule has 1 aromatic rings. The maximum Gasteiger partial charge on any atom is 0.0899 e. The van der Waals surface area contributed by atoms with E-state index in [-0.39, 0.29) is 0 Å². The Morgan fingerprint density at radius 2 is 2.30 bits per heavy atom. The Bertz CT molecular complexity index is 228. The van der Waals surface area contributed by atoms with Crippen LogP contribution in [0.2, 0.25) is 0 Å². The Kier molecular flexibility index (Phi) is 2.12. The number of thiazole rings is 1. The fourth-order valence-corrected chi connectivity index (χ4v) is 1.74. The second-order valence-electron chi connectivity index (χ2n) is 2.48. The second kappa shape index (κ2) is 2.60. The molecule has 0 fully saturated rings. The highest BCUT2D eigenvalue weighted by Gasteiger charge is 2.09. The van der Waals surface area contributed by atoms with Crippen LogP contribution in [0.15, 0.2) is 9.98 Å². The SMILES string of the molecule is CC(C)([O-])c1ncc(Br)s1. The van der Waals surface area contributed by atoms with E-state index in [2.05, 4.69) is 20.9 Å². The topological polar surface area (TPSA) is 36.0 Å². The van der Waals surface area contributed by atoms with E-state index in [9.17, 15) is 5.11 Å². The lowest BCUT2D eigenvalue weighted by atomic mass is 10.2. The van der Waals surface area contributed by atoms with Gasteiger partial charge in [-0.25, -0.2) is 4.98 Å². The molecule has 0 aliphatic carbocycles. The maximum absolute atomic E-state index is 11.2. The average Bonchev–Trinajstić information content (AvgIpc) is 2.11. The van der Waals surface area contributed by atoms with Crippen LogP contribution in [0.3, 0.4) is 0 Å². The molecule has 0 aliphatic heterocycles. The van der Waals surface area contributed by atoms with Crippen LogP contribution in [0.4, 0.5) is 0 Å². The van der Waals surface area contributed by atoms with Gasteiger partial charge >= 0.3 is 0 Å². The molecule has 0 bridgehead atoms. The summed E-state index contributed by atoms with van der Waals surface area (Å²) in [7, 11) is 0. The highest BCUT2D eigenvalue weighted by Crippen LogP contribution is 2.25. The normalized spacial score (nSPS) is 12.0. The molecule has 0 amide bonds. The summed E-state index contributed by atoms with van der Waals surface area (Å²) in [6.45, 7) is 3.22. The summed E-state index contributed by atoms with van der Waals surface area (Å²) in [6.07, 6.45) is 1.65. The van der Waals surface area contributed by atoms with E-state index in [1.54, 1.807) is 20.0 Å². The Morgan fingerprint density at radius 1 is 1.70 bits per heavy atom. The van der Waals surface area contributed by atoms with Crippen molar-refractivity contribution in [2.24, 2.45) is 0 Å². The number of halogens is 1. The molecule has 0 aromatic carbocycles. The molecule has 1 heterocycles. The minimum absolute atomic E-state index is 0.624. The number of rotatable bonds is 1. The van der Waals surface area contributed by atoms with Crippen molar-refractivity contribution in [3.8, 4) is 0 Å². The van der Waals surface area contributed by atoms with Crippen molar-refractivity contribution in [1.82, 2.24) is 4.98 Å². The molecular weight excluding hydrogens is 214 g/mol. The predicted octanol–water partition coefficient (Wildman–Crippen LogP) is 1.50. The van der Waals surface area contributed by atoms with E-state index in [1.807, 2.05) is 0 Å². The summed E-state index contributed by atoms with van der Waals surface area (Å²) in [5.41, 5.74) is -1.06. The molecule has 1 aromatic heterocycles. The number of hydrogen-bond donors (Lipinski definition) is 0. The Morgan fingerprint density at radius 3 is 2.50 bits per heavy atom. The van der Waals surface area contributed by atoms with Gasteiger partial charge in [0, 0.05) is 0 Å². The lowest BCUT2D eigenvalue weighted by molar-refractivity contribution is -0.475. The first kappa shape index (κ1) is 8.17. The van der Waals surface area contributed by atoms with E-state index in [0.29, 0.717) is 5.01 Å². The lowest BCUT2D eigenvalue weighted by Gasteiger charge is -2.28. The molecule has 0 saturated heterocycles. The van der Waals surface area contributed by atoms with Gasteiger partial charge in [-0.15, -0.1) is 11.3 Å². The molecule has 10 heavy (non-hydrogen) atoms. The molecule has 0 saturated carbocycles. The van der Waals surface area contributed by atoms with Crippen LogP contribution < -0.4 is 5.11 Å². The molecule has 0 spiro atoms. The predicted molar refractivity (Wildman–Crippen MR) is 42.8 cm³/mol. The molecule has 0 atom stereocenters. The van der Waals surface area contributed by atoms with Gasteiger partial charge in [0.1, 0.15) is 0 Å². The number of aromatic nitrogens is 1. The quantitative estimate of drug-likeness (QED) is 0.720. The van der Waals surface area contributed by atoms with Gasteiger partial charge in [-0.05, 0) is 15.9 Å². The molecular formula is C6H7BrNOS-. The first-order valence-corrected chi connectivity index (χ1v) is 4.43. The first-order valence-electron chi connectivity index (χ1n) is 2.82. The smallest absolute Gasteiger partial charge is 0.0899 e. The van der Waals surface area contributed by atoms with E-state index < -0.39 is 5.60 Å². The molecule has 0 unspecified atom stereocenters. The van der Waals surface area contributed by atoms with Gasteiger partial charge in [0.15, 0.2) is 0 Å². The molecule has 1 rings (SSSR count). The van der Waals surface area contributed by atoms with Gasteiger partial charge in [0.05, 0.1) is 15.0 Å². The van der Waals surface area contributed by atoms with Gasteiger partial charge in [0.25, 0.3) is 0 Å². The van der Waals surface area contributed by atoms with Crippen molar-refractivity contribution in [2.45, 2.75) is 19.4 Å².